The Morgan fingerprint density at radius 2 is 1.73 bits per heavy atom. The van der Waals surface area contributed by atoms with Crippen molar-refractivity contribution in [1.29, 1.82) is 0 Å². The van der Waals surface area contributed by atoms with Crippen LogP contribution in [0.5, 0.6) is 11.5 Å². The number of aryl methyl sites for hydroxylation is 1. The quantitative estimate of drug-likeness (QED) is 0.532. The molecule has 0 fully saturated rings. The monoisotopic (exact) mass is 496 g/mol. The Morgan fingerprint density at radius 1 is 1.12 bits per heavy atom. The fraction of sp³-hybridized carbons (Fsp3) is 0.235. The van der Waals surface area contributed by atoms with Gasteiger partial charge in [-0.15, -0.1) is 13.2 Å². The number of benzene rings is 2. The van der Waals surface area contributed by atoms with Crippen LogP contribution < -0.4 is 9.47 Å². The lowest BCUT2D eigenvalue weighted by atomic mass is 10.1. The summed E-state index contributed by atoms with van der Waals surface area (Å²) in [5, 5.41) is 8.74. The van der Waals surface area contributed by atoms with Crippen molar-refractivity contribution < 1.29 is 32.5 Å². The maximum Gasteiger partial charge on any atom is 0.573 e. The fourth-order valence-corrected chi connectivity index (χ4v) is 3.65. The van der Waals surface area contributed by atoms with E-state index in [2.05, 4.69) is 36.6 Å². The van der Waals surface area contributed by atoms with Crippen molar-refractivity contribution in [3.05, 3.63) is 56.5 Å². The van der Waals surface area contributed by atoms with Crippen LogP contribution in [0.3, 0.4) is 0 Å². The highest BCUT2D eigenvalue weighted by Crippen LogP contribution is 2.36. The number of hydrogen-bond acceptors (Lipinski definition) is 3. The molecule has 9 heteroatoms. The third-order valence-electron chi connectivity index (χ3n) is 3.26. The van der Waals surface area contributed by atoms with Gasteiger partial charge < -0.3 is 14.6 Å². The number of para-hydroxylation sites is 1. The molecule has 0 unspecified atom stereocenters. The molecule has 26 heavy (non-hydrogen) atoms. The summed E-state index contributed by atoms with van der Waals surface area (Å²) in [5.41, 5.74) is 1.01. The van der Waals surface area contributed by atoms with Crippen LogP contribution in [0.25, 0.3) is 0 Å². The maximum atomic E-state index is 12.5. The number of halogens is 5. The molecule has 2 aromatic rings. The van der Waals surface area contributed by atoms with Gasteiger partial charge in [-0.1, -0.05) is 18.2 Å². The van der Waals surface area contributed by atoms with Crippen molar-refractivity contribution in [2.45, 2.75) is 25.8 Å². The van der Waals surface area contributed by atoms with Gasteiger partial charge in [0.15, 0.2) is 0 Å². The SMILES string of the molecule is O=C(O)CCc1cc(Br)c(OCc2ccccc2OC(F)(F)F)c(Br)c1. The Bertz CT molecular complexity index is 771. The molecule has 4 nitrogen and oxygen atoms in total. The summed E-state index contributed by atoms with van der Waals surface area (Å²) in [6, 6.07) is 9.13. The lowest BCUT2D eigenvalue weighted by Crippen LogP contribution is -2.18. The molecule has 0 atom stereocenters. The zero-order valence-corrected chi connectivity index (χ0v) is 16.3. The number of aliphatic carboxylic acids is 1. The minimum absolute atomic E-state index is 0.0127. The molecule has 140 valence electrons. The highest BCUT2D eigenvalue weighted by atomic mass is 79.9. The Kier molecular flexibility index (Phi) is 6.94. The summed E-state index contributed by atoms with van der Waals surface area (Å²) in [5.74, 6) is -0.838. The van der Waals surface area contributed by atoms with Crippen LogP contribution in [-0.2, 0) is 17.8 Å². The summed E-state index contributed by atoms with van der Waals surface area (Å²) < 4.78 is 48.1. The molecule has 2 aromatic carbocycles. The van der Waals surface area contributed by atoms with Gasteiger partial charge in [-0.25, -0.2) is 0 Å². The zero-order valence-electron chi connectivity index (χ0n) is 13.1. The number of ether oxygens (including phenoxy) is 2. The van der Waals surface area contributed by atoms with E-state index in [1.807, 2.05) is 0 Å². The van der Waals surface area contributed by atoms with Gasteiger partial charge in [-0.05, 0) is 62.0 Å². The molecular weight excluding hydrogens is 485 g/mol. The van der Waals surface area contributed by atoms with Crippen LogP contribution in [0.4, 0.5) is 13.2 Å². The molecule has 0 saturated carbocycles. The molecule has 0 heterocycles. The molecule has 0 saturated heterocycles. The smallest absolute Gasteiger partial charge is 0.486 e. The first-order chi connectivity index (χ1) is 12.2. The Labute approximate surface area is 164 Å². The summed E-state index contributed by atoms with van der Waals surface area (Å²) in [7, 11) is 0. The van der Waals surface area contributed by atoms with Crippen LogP contribution in [0.15, 0.2) is 45.3 Å². The van der Waals surface area contributed by atoms with Crippen LogP contribution >= 0.6 is 31.9 Å². The van der Waals surface area contributed by atoms with Gasteiger partial charge in [0.2, 0.25) is 0 Å². The third kappa shape index (κ3) is 6.21. The van der Waals surface area contributed by atoms with E-state index >= 15 is 0 Å². The summed E-state index contributed by atoms with van der Waals surface area (Å²) in [4.78, 5) is 10.7. The zero-order chi connectivity index (χ0) is 19.3. The molecule has 0 amide bonds. The fourth-order valence-electron chi connectivity index (χ4n) is 2.14. The third-order valence-corrected chi connectivity index (χ3v) is 4.43. The molecule has 0 aromatic heterocycles. The van der Waals surface area contributed by atoms with E-state index in [9.17, 15) is 18.0 Å². The molecule has 0 aliphatic carbocycles. The van der Waals surface area contributed by atoms with Gasteiger partial charge in [0, 0.05) is 12.0 Å². The summed E-state index contributed by atoms with van der Waals surface area (Å²) >= 11 is 6.66. The first-order valence-electron chi connectivity index (χ1n) is 7.32. The first-order valence-corrected chi connectivity index (χ1v) is 8.90. The van der Waals surface area contributed by atoms with Crippen molar-refractivity contribution in [2.24, 2.45) is 0 Å². The number of carbonyl (C=O) groups is 1. The van der Waals surface area contributed by atoms with E-state index in [1.54, 1.807) is 18.2 Å². The van der Waals surface area contributed by atoms with Crippen LogP contribution in [0.2, 0.25) is 0 Å². The van der Waals surface area contributed by atoms with Crippen molar-refractivity contribution in [3.63, 3.8) is 0 Å². The van der Waals surface area contributed by atoms with Crippen molar-refractivity contribution in [1.82, 2.24) is 0 Å². The average molecular weight is 498 g/mol. The molecular formula is C17H13Br2F3O4. The molecule has 1 N–H and O–H groups in total. The van der Waals surface area contributed by atoms with Gasteiger partial charge in [-0.3, -0.25) is 4.79 Å². The van der Waals surface area contributed by atoms with E-state index in [0.29, 0.717) is 21.1 Å². The second-order valence-corrected chi connectivity index (χ2v) is 6.94. The van der Waals surface area contributed by atoms with Crippen molar-refractivity contribution in [3.8, 4) is 11.5 Å². The second-order valence-electron chi connectivity index (χ2n) is 5.23. The van der Waals surface area contributed by atoms with E-state index in [1.165, 1.54) is 18.2 Å². The molecule has 0 aliphatic rings. The normalized spacial score (nSPS) is 11.3. The van der Waals surface area contributed by atoms with E-state index in [0.717, 1.165) is 5.56 Å². The van der Waals surface area contributed by atoms with Gasteiger partial charge in [0.05, 0.1) is 8.95 Å². The Balaban J connectivity index is 2.14. The lowest BCUT2D eigenvalue weighted by Gasteiger charge is -2.15. The van der Waals surface area contributed by atoms with E-state index < -0.39 is 12.3 Å². The second kappa shape index (κ2) is 8.77. The topological polar surface area (TPSA) is 55.8 Å². The predicted molar refractivity (Wildman–Crippen MR) is 95.3 cm³/mol. The standard InChI is InChI=1S/C17H13Br2F3O4/c18-12-7-10(5-6-15(23)24)8-13(19)16(12)25-9-11-3-1-2-4-14(11)26-17(20,21)22/h1-4,7-8H,5-6,9H2,(H,23,24). The Hall–Kier alpha value is -1.74. The van der Waals surface area contributed by atoms with Crippen LogP contribution in [0, 0.1) is 0 Å². The molecule has 0 bridgehead atoms. The van der Waals surface area contributed by atoms with E-state index in [-0.39, 0.29) is 24.3 Å². The van der Waals surface area contributed by atoms with E-state index in [4.69, 9.17) is 9.84 Å². The first kappa shape index (κ1) is 20.6. The Morgan fingerprint density at radius 3 is 2.31 bits per heavy atom. The number of alkyl halides is 3. The highest BCUT2D eigenvalue weighted by Gasteiger charge is 2.32. The predicted octanol–water partition coefficient (Wildman–Crippen LogP) is 5.71. The average Bonchev–Trinajstić information content (AvgIpc) is 2.52. The number of carboxylic acids is 1. The van der Waals surface area contributed by atoms with Crippen molar-refractivity contribution in [2.75, 3.05) is 0 Å². The van der Waals surface area contributed by atoms with Gasteiger partial charge in [-0.2, -0.15) is 0 Å². The van der Waals surface area contributed by atoms with Crippen molar-refractivity contribution >= 4 is 37.8 Å². The molecule has 0 aliphatic heterocycles. The van der Waals surface area contributed by atoms with Crippen LogP contribution in [0.1, 0.15) is 17.5 Å². The highest BCUT2D eigenvalue weighted by molar-refractivity contribution is 9.11. The molecule has 0 spiro atoms. The number of rotatable bonds is 7. The maximum absolute atomic E-state index is 12.5. The lowest BCUT2D eigenvalue weighted by molar-refractivity contribution is -0.275. The molecule has 0 radical (unpaired) electrons. The van der Waals surface area contributed by atoms with Gasteiger partial charge in [0.25, 0.3) is 0 Å². The minimum Gasteiger partial charge on any atom is -0.486 e. The number of carboxylic acid groups (broad SMARTS) is 1. The number of hydrogen-bond donors (Lipinski definition) is 1. The summed E-state index contributed by atoms with van der Waals surface area (Å²) in [6.45, 7) is -0.141. The molecule has 2 rings (SSSR count). The summed E-state index contributed by atoms with van der Waals surface area (Å²) in [6.07, 6.45) is -4.46. The minimum atomic E-state index is -4.79. The largest absolute Gasteiger partial charge is 0.573 e. The van der Waals surface area contributed by atoms with Gasteiger partial charge >= 0.3 is 12.3 Å². The van der Waals surface area contributed by atoms with Gasteiger partial charge in [0.1, 0.15) is 18.1 Å². The van der Waals surface area contributed by atoms with Crippen LogP contribution in [-0.4, -0.2) is 17.4 Å².